The van der Waals surface area contributed by atoms with Crippen LogP contribution in [0.5, 0.6) is 0 Å². The molecule has 4 aromatic rings. The minimum Gasteiger partial charge on any atom is -0.232 e. The molecule has 5 nitrogen and oxygen atoms in total. The summed E-state index contributed by atoms with van der Waals surface area (Å²) in [6.45, 7) is 0. The lowest BCUT2D eigenvalue weighted by atomic mass is 10.1. The first-order valence-electron chi connectivity index (χ1n) is 7.89. The molecule has 10 heteroatoms. The topological polar surface area (TPSA) is 78.0 Å². The van der Waals surface area contributed by atoms with Crippen molar-refractivity contribution in [1.82, 2.24) is 9.78 Å². The number of hydrogen-bond donors (Lipinski definition) is 1. The van der Waals surface area contributed by atoms with Crippen molar-refractivity contribution in [3.8, 4) is 5.69 Å². The van der Waals surface area contributed by atoms with Gasteiger partial charge in [-0.25, -0.2) is 27.0 Å². The highest BCUT2D eigenvalue weighted by Crippen LogP contribution is 2.38. The van der Waals surface area contributed by atoms with Crippen LogP contribution < -0.4 is 5.14 Å². The molecule has 0 aliphatic heterocycles. The highest BCUT2D eigenvalue weighted by molar-refractivity contribution is 7.89. The lowest BCUT2D eigenvalue weighted by Gasteiger charge is -2.08. The van der Waals surface area contributed by atoms with Crippen LogP contribution in [0.4, 0.5) is 8.78 Å². The van der Waals surface area contributed by atoms with Crippen molar-refractivity contribution in [2.24, 2.45) is 5.14 Å². The van der Waals surface area contributed by atoms with Crippen LogP contribution in [0.1, 0.15) is 12.1 Å². The second kappa shape index (κ2) is 6.66. The van der Waals surface area contributed by atoms with E-state index in [-0.39, 0.29) is 10.3 Å². The Balaban J connectivity index is 2.07. The van der Waals surface area contributed by atoms with E-state index in [1.54, 1.807) is 18.2 Å². The van der Waals surface area contributed by atoms with Crippen molar-refractivity contribution in [1.29, 1.82) is 0 Å². The van der Waals surface area contributed by atoms with E-state index in [1.165, 1.54) is 35.0 Å². The minimum atomic E-state index is -3.88. The predicted molar refractivity (Wildman–Crippen MR) is 105 cm³/mol. The fraction of sp³-hybridized carbons (Fsp3) is 0.0556. The van der Waals surface area contributed by atoms with Crippen LogP contribution in [-0.4, -0.2) is 18.2 Å². The van der Waals surface area contributed by atoms with Gasteiger partial charge in [0.2, 0.25) is 10.0 Å². The van der Waals surface area contributed by atoms with Crippen LogP contribution >= 0.6 is 23.2 Å². The second-order valence-electron chi connectivity index (χ2n) is 6.05. The Labute approximate surface area is 168 Å². The van der Waals surface area contributed by atoms with Gasteiger partial charge in [-0.15, -0.1) is 0 Å². The van der Waals surface area contributed by atoms with Gasteiger partial charge in [-0.2, -0.15) is 5.10 Å². The number of primary sulfonamides is 1. The van der Waals surface area contributed by atoms with Crippen LogP contribution in [0.3, 0.4) is 0 Å². The molecule has 0 unspecified atom stereocenters. The molecule has 0 aliphatic rings. The van der Waals surface area contributed by atoms with Crippen LogP contribution in [-0.2, 0) is 10.0 Å². The number of halogens is 4. The predicted octanol–water partition coefficient (Wildman–Crippen LogP) is 5.07. The maximum absolute atomic E-state index is 13.6. The van der Waals surface area contributed by atoms with Crippen LogP contribution in [0.25, 0.3) is 27.4 Å². The Hall–Kier alpha value is -2.26. The fourth-order valence-corrected chi connectivity index (χ4v) is 4.01. The first-order valence-corrected chi connectivity index (χ1v) is 10.2. The number of hydrogen-bond acceptors (Lipinski definition) is 3. The van der Waals surface area contributed by atoms with E-state index in [4.69, 9.17) is 28.3 Å². The summed E-state index contributed by atoms with van der Waals surface area (Å²) in [5.41, 5.74) is 0.413. The number of sulfonamides is 1. The lowest BCUT2D eigenvalue weighted by molar-refractivity contribution is 0.147. The minimum absolute atomic E-state index is 0.0959. The van der Waals surface area contributed by atoms with Crippen molar-refractivity contribution >= 4 is 54.9 Å². The van der Waals surface area contributed by atoms with E-state index in [2.05, 4.69) is 5.10 Å². The molecule has 0 spiro atoms. The second-order valence-corrected chi connectivity index (χ2v) is 8.40. The average molecular weight is 442 g/mol. The molecule has 3 aromatic carbocycles. The van der Waals surface area contributed by atoms with Gasteiger partial charge >= 0.3 is 0 Å². The van der Waals surface area contributed by atoms with E-state index in [9.17, 15) is 17.2 Å². The van der Waals surface area contributed by atoms with Crippen molar-refractivity contribution in [3.63, 3.8) is 0 Å². The molecule has 1 heterocycles. The first-order chi connectivity index (χ1) is 13.2. The summed E-state index contributed by atoms with van der Waals surface area (Å²) < 4.78 is 51.4. The van der Waals surface area contributed by atoms with Crippen LogP contribution in [0.2, 0.25) is 10.0 Å². The SMILES string of the molecule is NS(=O)(=O)c1ccc(-n2nc(C(F)F)c3ccc4c(Cl)c(Cl)ccc4c32)cc1. The van der Waals surface area contributed by atoms with Gasteiger partial charge in [0.05, 0.1) is 26.1 Å². The summed E-state index contributed by atoms with van der Waals surface area (Å²) in [5, 5.41) is 11.2. The Morgan fingerprint density at radius 2 is 1.54 bits per heavy atom. The van der Waals surface area contributed by atoms with E-state index in [1.807, 2.05) is 0 Å². The molecule has 28 heavy (non-hydrogen) atoms. The van der Waals surface area contributed by atoms with Gasteiger partial charge < -0.3 is 0 Å². The average Bonchev–Trinajstić information content (AvgIpc) is 3.04. The first kappa shape index (κ1) is 19.1. The van der Waals surface area contributed by atoms with E-state index in [0.717, 1.165) is 0 Å². The number of benzene rings is 3. The summed E-state index contributed by atoms with van der Waals surface area (Å²) in [6.07, 6.45) is -2.80. The fourth-order valence-electron chi connectivity index (χ4n) is 3.10. The van der Waals surface area contributed by atoms with Gasteiger partial charge in [-0.05, 0) is 36.4 Å². The molecule has 0 bridgehead atoms. The largest absolute Gasteiger partial charge is 0.282 e. The summed E-state index contributed by atoms with van der Waals surface area (Å²) in [7, 11) is -3.88. The number of rotatable bonds is 3. The molecule has 0 saturated carbocycles. The van der Waals surface area contributed by atoms with E-state index in [0.29, 0.717) is 32.0 Å². The molecule has 0 saturated heterocycles. The van der Waals surface area contributed by atoms with E-state index < -0.39 is 22.1 Å². The number of fused-ring (bicyclic) bond motifs is 3. The standard InChI is InChI=1S/C18H11Cl2F2N3O2S/c19-14-8-7-12-11(15(14)20)5-6-13-16(18(21)22)24-25(17(12)13)9-1-3-10(4-2-9)28(23,26)27/h1-8,18H,(H2,23,26,27). The molecule has 4 rings (SSSR count). The summed E-state index contributed by atoms with van der Waals surface area (Å²) in [4.78, 5) is -0.0959. The monoisotopic (exact) mass is 441 g/mol. The molecule has 0 amide bonds. The van der Waals surface area contributed by atoms with Gasteiger partial charge in [0, 0.05) is 16.2 Å². The molecule has 1 aromatic heterocycles. The van der Waals surface area contributed by atoms with Crippen LogP contribution in [0, 0.1) is 0 Å². The summed E-state index contributed by atoms with van der Waals surface area (Å²) in [5.74, 6) is 0. The zero-order valence-corrected chi connectivity index (χ0v) is 16.2. The third-order valence-electron chi connectivity index (χ3n) is 4.37. The Kier molecular flexibility index (Phi) is 4.54. The van der Waals surface area contributed by atoms with Gasteiger partial charge in [0.25, 0.3) is 6.43 Å². The van der Waals surface area contributed by atoms with E-state index >= 15 is 0 Å². The summed E-state index contributed by atoms with van der Waals surface area (Å²) >= 11 is 12.3. The third kappa shape index (κ3) is 3.02. The quantitative estimate of drug-likeness (QED) is 0.481. The molecule has 2 N–H and O–H groups in total. The number of alkyl halides is 2. The highest BCUT2D eigenvalue weighted by Gasteiger charge is 2.22. The molecule has 144 valence electrons. The molecule has 0 atom stereocenters. The Bertz CT molecular complexity index is 1340. The zero-order valence-electron chi connectivity index (χ0n) is 13.9. The maximum atomic E-state index is 13.6. The van der Waals surface area contributed by atoms with Gasteiger partial charge in [0.15, 0.2) is 0 Å². The van der Waals surface area contributed by atoms with Gasteiger partial charge in [-0.1, -0.05) is 35.3 Å². The van der Waals surface area contributed by atoms with Gasteiger partial charge in [0.1, 0.15) is 5.69 Å². The van der Waals surface area contributed by atoms with Crippen LogP contribution in [0.15, 0.2) is 53.4 Å². The molecule has 0 aliphatic carbocycles. The highest BCUT2D eigenvalue weighted by atomic mass is 35.5. The number of nitrogens with two attached hydrogens (primary N) is 1. The van der Waals surface area contributed by atoms with Crippen molar-refractivity contribution in [2.45, 2.75) is 11.3 Å². The van der Waals surface area contributed by atoms with Gasteiger partial charge in [-0.3, -0.25) is 0 Å². The molecule has 0 radical (unpaired) electrons. The number of nitrogens with zero attached hydrogens (tertiary/aromatic N) is 2. The Morgan fingerprint density at radius 3 is 2.14 bits per heavy atom. The van der Waals surface area contributed by atoms with Crippen molar-refractivity contribution in [2.75, 3.05) is 0 Å². The lowest BCUT2D eigenvalue weighted by Crippen LogP contribution is -2.12. The molecular formula is C18H11Cl2F2N3O2S. The van der Waals surface area contributed by atoms with Crippen molar-refractivity contribution < 1.29 is 17.2 Å². The molecular weight excluding hydrogens is 431 g/mol. The Morgan fingerprint density at radius 1 is 0.929 bits per heavy atom. The number of aromatic nitrogens is 2. The zero-order chi connectivity index (χ0) is 20.2. The van der Waals surface area contributed by atoms with Crippen molar-refractivity contribution in [3.05, 3.63) is 64.3 Å². The smallest absolute Gasteiger partial charge is 0.232 e. The molecule has 0 fully saturated rings. The summed E-state index contributed by atoms with van der Waals surface area (Å²) in [6, 6.07) is 11.9. The third-order valence-corrected chi connectivity index (χ3v) is 6.12. The maximum Gasteiger partial charge on any atom is 0.282 e. The normalized spacial score (nSPS) is 12.4.